The van der Waals surface area contributed by atoms with Gasteiger partial charge in [0.1, 0.15) is 0 Å². The lowest BCUT2D eigenvalue weighted by molar-refractivity contribution is -0.142. The van der Waals surface area contributed by atoms with Crippen molar-refractivity contribution in [1.82, 2.24) is 5.32 Å². The van der Waals surface area contributed by atoms with Crippen molar-refractivity contribution in [2.45, 2.75) is 37.7 Å². The third-order valence-corrected chi connectivity index (χ3v) is 5.50. The maximum absolute atomic E-state index is 12.1. The fourth-order valence-corrected chi connectivity index (χ4v) is 4.17. The van der Waals surface area contributed by atoms with Crippen LogP contribution in [-0.4, -0.2) is 37.7 Å². The Bertz CT molecular complexity index is 568. The van der Waals surface area contributed by atoms with Gasteiger partial charge in [-0.3, -0.25) is 4.79 Å². The van der Waals surface area contributed by atoms with Gasteiger partial charge in [-0.2, -0.15) is 0 Å². The van der Waals surface area contributed by atoms with Crippen molar-refractivity contribution in [3.63, 3.8) is 0 Å². The molecular formula is C18H24N2O2. The second-order valence-electron chi connectivity index (χ2n) is 6.96. The van der Waals surface area contributed by atoms with E-state index in [9.17, 15) is 4.79 Å². The number of nitrogens with one attached hydrogen (secondary N) is 1. The van der Waals surface area contributed by atoms with Crippen molar-refractivity contribution in [3.05, 3.63) is 29.8 Å². The number of ether oxygens (including phenoxy) is 1. The van der Waals surface area contributed by atoms with E-state index in [4.69, 9.17) is 4.74 Å². The van der Waals surface area contributed by atoms with Crippen LogP contribution in [-0.2, 0) is 4.74 Å². The summed E-state index contributed by atoms with van der Waals surface area (Å²) in [6, 6.07) is 7.99. The molecule has 4 heteroatoms. The van der Waals surface area contributed by atoms with Crippen LogP contribution in [0.3, 0.4) is 0 Å². The van der Waals surface area contributed by atoms with Gasteiger partial charge in [0.2, 0.25) is 0 Å². The number of anilines is 1. The van der Waals surface area contributed by atoms with E-state index in [-0.39, 0.29) is 11.5 Å². The zero-order valence-electron chi connectivity index (χ0n) is 13.0. The Morgan fingerprint density at radius 2 is 2.18 bits per heavy atom. The lowest BCUT2D eigenvalue weighted by atomic mass is 9.72. The summed E-state index contributed by atoms with van der Waals surface area (Å²) in [5.41, 5.74) is 2.10. The van der Waals surface area contributed by atoms with Crippen molar-refractivity contribution in [2.75, 3.05) is 31.1 Å². The molecule has 1 atom stereocenters. The standard InChI is InChI=1S/C18H24N2O2/c21-17-15-4-1-2-5-16(15)20(10-9-19-17)13-14-6-11-22-18(12-14)7-3-8-18/h1-2,4-5,14H,3,6-13H2,(H,19,21). The number of rotatable bonds is 2. The summed E-state index contributed by atoms with van der Waals surface area (Å²) in [6.07, 6.45) is 6.12. The lowest BCUT2D eigenvalue weighted by Crippen LogP contribution is -2.48. The third-order valence-electron chi connectivity index (χ3n) is 5.50. The molecule has 1 unspecified atom stereocenters. The summed E-state index contributed by atoms with van der Waals surface area (Å²) in [7, 11) is 0. The van der Waals surface area contributed by atoms with Crippen LogP contribution in [0.2, 0.25) is 0 Å². The quantitative estimate of drug-likeness (QED) is 0.913. The molecule has 118 valence electrons. The van der Waals surface area contributed by atoms with Crippen LogP contribution < -0.4 is 10.2 Å². The van der Waals surface area contributed by atoms with Crippen LogP contribution in [0.4, 0.5) is 5.69 Å². The fourth-order valence-electron chi connectivity index (χ4n) is 4.17. The number of carbonyl (C=O) groups is 1. The highest BCUT2D eigenvalue weighted by atomic mass is 16.5. The van der Waals surface area contributed by atoms with Crippen LogP contribution in [0, 0.1) is 5.92 Å². The summed E-state index contributed by atoms with van der Waals surface area (Å²) in [6.45, 7) is 3.56. The Kier molecular flexibility index (Phi) is 3.57. The molecule has 1 saturated heterocycles. The molecule has 2 heterocycles. The molecule has 1 N–H and O–H groups in total. The zero-order chi connectivity index (χ0) is 15.0. The number of para-hydroxylation sites is 1. The second kappa shape index (κ2) is 5.58. The predicted octanol–water partition coefficient (Wildman–Crippen LogP) is 2.59. The number of amides is 1. The van der Waals surface area contributed by atoms with Crippen LogP contribution in [0.15, 0.2) is 24.3 Å². The topological polar surface area (TPSA) is 41.6 Å². The smallest absolute Gasteiger partial charge is 0.253 e. The Hall–Kier alpha value is -1.55. The molecule has 2 aliphatic heterocycles. The van der Waals surface area contributed by atoms with E-state index < -0.39 is 0 Å². The number of benzene rings is 1. The molecule has 4 nitrogen and oxygen atoms in total. The van der Waals surface area contributed by atoms with E-state index in [1.54, 1.807) is 0 Å². The molecule has 1 spiro atoms. The summed E-state index contributed by atoms with van der Waals surface area (Å²) < 4.78 is 6.05. The van der Waals surface area contributed by atoms with E-state index in [2.05, 4.69) is 16.3 Å². The van der Waals surface area contributed by atoms with Crippen molar-refractivity contribution in [3.8, 4) is 0 Å². The molecule has 1 saturated carbocycles. The number of fused-ring (bicyclic) bond motifs is 1. The van der Waals surface area contributed by atoms with Crippen LogP contribution >= 0.6 is 0 Å². The van der Waals surface area contributed by atoms with Crippen LogP contribution in [0.5, 0.6) is 0 Å². The first-order chi connectivity index (χ1) is 10.8. The van der Waals surface area contributed by atoms with Gasteiger partial charge in [-0.05, 0) is 50.2 Å². The molecule has 2 fully saturated rings. The predicted molar refractivity (Wildman–Crippen MR) is 86.2 cm³/mol. The average molecular weight is 300 g/mol. The SMILES string of the molecule is O=C1NCCN(CC2CCOC3(CCC3)C2)c2ccccc21. The van der Waals surface area contributed by atoms with Gasteiger partial charge >= 0.3 is 0 Å². The van der Waals surface area contributed by atoms with E-state index in [1.165, 1.54) is 25.7 Å². The van der Waals surface area contributed by atoms with Crippen molar-refractivity contribution in [1.29, 1.82) is 0 Å². The molecular weight excluding hydrogens is 276 g/mol. The molecule has 3 aliphatic rings. The molecule has 1 amide bonds. The Morgan fingerprint density at radius 3 is 3.00 bits per heavy atom. The summed E-state index contributed by atoms with van der Waals surface area (Å²) >= 11 is 0. The Morgan fingerprint density at radius 1 is 1.32 bits per heavy atom. The monoisotopic (exact) mass is 300 g/mol. The highest BCUT2D eigenvalue weighted by molar-refractivity contribution is 6.00. The van der Waals surface area contributed by atoms with Gasteiger partial charge in [-0.25, -0.2) is 0 Å². The molecule has 22 heavy (non-hydrogen) atoms. The Labute approximate surface area is 131 Å². The maximum Gasteiger partial charge on any atom is 0.253 e. The molecule has 4 rings (SSSR count). The number of nitrogens with zero attached hydrogens (tertiary/aromatic N) is 1. The first-order valence-electron chi connectivity index (χ1n) is 8.52. The summed E-state index contributed by atoms with van der Waals surface area (Å²) in [4.78, 5) is 14.5. The molecule has 1 aliphatic carbocycles. The number of carbonyl (C=O) groups excluding carboxylic acids is 1. The van der Waals surface area contributed by atoms with Crippen LogP contribution in [0.25, 0.3) is 0 Å². The Balaban J connectivity index is 1.52. The van der Waals surface area contributed by atoms with Crippen molar-refractivity contribution < 1.29 is 9.53 Å². The first kappa shape index (κ1) is 14.1. The zero-order valence-corrected chi connectivity index (χ0v) is 13.0. The van der Waals surface area contributed by atoms with Gasteiger partial charge in [0, 0.05) is 31.9 Å². The maximum atomic E-state index is 12.1. The van der Waals surface area contributed by atoms with Gasteiger partial charge in [0.05, 0.1) is 11.2 Å². The molecule has 0 aromatic heterocycles. The largest absolute Gasteiger partial charge is 0.375 e. The minimum Gasteiger partial charge on any atom is -0.375 e. The summed E-state index contributed by atoms with van der Waals surface area (Å²) in [5.74, 6) is 0.732. The van der Waals surface area contributed by atoms with Crippen LogP contribution in [0.1, 0.15) is 42.5 Å². The highest BCUT2D eigenvalue weighted by Gasteiger charge is 2.42. The van der Waals surface area contributed by atoms with Gasteiger partial charge in [0.15, 0.2) is 0 Å². The highest BCUT2D eigenvalue weighted by Crippen LogP contribution is 2.44. The van der Waals surface area contributed by atoms with E-state index in [0.717, 1.165) is 43.9 Å². The van der Waals surface area contributed by atoms with Gasteiger partial charge in [-0.1, -0.05) is 12.1 Å². The van der Waals surface area contributed by atoms with E-state index in [1.807, 2.05) is 18.2 Å². The van der Waals surface area contributed by atoms with Gasteiger partial charge in [-0.15, -0.1) is 0 Å². The second-order valence-corrected chi connectivity index (χ2v) is 6.96. The number of hydrogen-bond donors (Lipinski definition) is 1. The molecule has 1 aromatic carbocycles. The first-order valence-corrected chi connectivity index (χ1v) is 8.52. The van der Waals surface area contributed by atoms with Gasteiger partial charge < -0.3 is 15.0 Å². The third kappa shape index (κ3) is 2.50. The fraction of sp³-hybridized carbons (Fsp3) is 0.611. The van der Waals surface area contributed by atoms with Crippen molar-refractivity contribution in [2.24, 2.45) is 5.92 Å². The minimum atomic E-state index is 0.0561. The summed E-state index contributed by atoms with van der Waals surface area (Å²) in [5, 5.41) is 3.00. The van der Waals surface area contributed by atoms with E-state index >= 15 is 0 Å². The van der Waals surface area contributed by atoms with E-state index in [0.29, 0.717) is 5.92 Å². The molecule has 1 aromatic rings. The average Bonchev–Trinajstić information content (AvgIpc) is 2.67. The molecule has 0 bridgehead atoms. The number of hydrogen-bond acceptors (Lipinski definition) is 3. The normalized spacial score (nSPS) is 26.8. The minimum absolute atomic E-state index is 0.0561. The molecule has 0 radical (unpaired) electrons. The lowest BCUT2D eigenvalue weighted by Gasteiger charge is -2.48. The van der Waals surface area contributed by atoms with Crippen molar-refractivity contribution >= 4 is 11.6 Å². The van der Waals surface area contributed by atoms with Gasteiger partial charge in [0.25, 0.3) is 5.91 Å².